The van der Waals surface area contributed by atoms with Crippen LogP contribution in [0.3, 0.4) is 0 Å². The number of rotatable bonds is 2. The molecule has 5 heteroatoms. The van der Waals surface area contributed by atoms with E-state index in [-0.39, 0.29) is 5.82 Å². The fourth-order valence-corrected chi connectivity index (χ4v) is 2.82. The number of fused-ring (bicyclic) bond motifs is 2. The summed E-state index contributed by atoms with van der Waals surface area (Å²) in [7, 11) is 0. The highest BCUT2D eigenvalue weighted by Gasteiger charge is 2.19. The van der Waals surface area contributed by atoms with Crippen LogP contribution in [0, 0.1) is 5.82 Å². The SMILES string of the molecule is CC(C)(N)c1nc2ccc(-c3c[nH]c4cc(F)ccc34)cc2[nH]1. The number of nitrogens with one attached hydrogen (secondary N) is 2. The van der Waals surface area contributed by atoms with Gasteiger partial charge in [-0.05, 0) is 49.7 Å². The second kappa shape index (κ2) is 4.67. The molecule has 2 heterocycles. The standard InChI is InChI=1S/C18H17FN4/c1-18(2,20)17-22-14-6-3-10(7-16(14)23-17)13-9-21-15-8-11(19)4-5-12(13)15/h3-9,21H,20H2,1-2H3,(H,22,23). The summed E-state index contributed by atoms with van der Waals surface area (Å²) >= 11 is 0. The Morgan fingerprint density at radius 3 is 2.70 bits per heavy atom. The third kappa shape index (κ3) is 2.29. The van der Waals surface area contributed by atoms with Crippen molar-refractivity contribution in [3.63, 3.8) is 0 Å². The van der Waals surface area contributed by atoms with Crippen molar-refractivity contribution in [2.45, 2.75) is 19.4 Å². The molecule has 4 N–H and O–H groups in total. The number of halogens is 1. The van der Waals surface area contributed by atoms with Crippen molar-refractivity contribution in [3.05, 3.63) is 54.2 Å². The molecule has 0 saturated carbocycles. The van der Waals surface area contributed by atoms with Gasteiger partial charge >= 0.3 is 0 Å². The van der Waals surface area contributed by atoms with E-state index in [9.17, 15) is 4.39 Å². The van der Waals surface area contributed by atoms with E-state index in [2.05, 4.69) is 15.0 Å². The van der Waals surface area contributed by atoms with Gasteiger partial charge in [0, 0.05) is 22.7 Å². The quantitative estimate of drug-likeness (QED) is 0.523. The van der Waals surface area contributed by atoms with Crippen molar-refractivity contribution in [1.29, 1.82) is 0 Å². The Balaban J connectivity index is 1.87. The van der Waals surface area contributed by atoms with Crippen molar-refractivity contribution < 1.29 is 4.39 Å². The molecule has 116 valence electrons. The molecule has 0 aliphatic rings. The molecule has 4 nitrogen and oxygen atoms in total. The normalized spacial score (nSPS) is 12.3. The van der Waals surface area contributed by atoms with E-state index in [4.69, 9.17) is 5.73 Å². The molecule has 4 rings (SSSR count). The first-order chi connectivity index (χ1) is 10.9. The van der Waals surface area contributed by atoms with Gasteiger partial charge in [-0.15, -0.1) is 0 Å². The van der Waals surface area contributed by atoms with Crippen LogP contribution in [0.1, 0.15) is 19.7 Å². The molecule has 0 saturated heterocycles. The molecule has 0 atom stereocenters. The Morgan fingerprint density at radius 2 is 1.91 bits per heavy atom. The zero-order valence-corrected chi connectivity index (χ0v) is 12.9. The van der Waals surface area contributed by atoms with Crippen molar-refractivity contribution in [1.82, 2.24) is 15.0 Å². The molecule has 2 aromatic heterocycles. The Hall–Kier alpha value is -2.66. The summed E-state index contributed by atoms with van der Waals surface area (Å²) in [5.41, 5.74) is 10.3. The lowest BCUT2D eigenvalue weighted by Gasteiger charge is -2.14. The molecule has 0 aliphatic heterocycles. The van der Waals surface area contributed by atoms with Gasteiger partial charge in [-0.25, -0.2) is 9.37 Å². The first-order valence-electron chi connectivity index (χ1n) is 7.48. The van der Waals surface area contributed by atoms with Gasteiger partial charge in [-0.2, -0.15) is 0 Å². The van der Waals surface area contributed by atoms with Gasteiger partial charge in [0.1, 0.15) is 11.6 Å². The van der Waals surface area contributed by atoms with E-state index in [0.29, 0.717) is 0 Å². The lowest BCUT2D eigenvalue weighted by atomic mass is 10.0. The number of benzene rings is 2. The van der Waals surface area contributed by atoms with E-state index in [0.717, 1.165) is 38.9 Å². The molecule has 0 bridgehead atoms. The maximum Gasteiger partial charge on any atom is 0.126 e. The molecule has 0 radical (unpaired) electrons. The predicted molar refractivity (Wildman–Crippen MR) is 90.6 cm³/mol. The van der Waals surface area contributed by atoms with E-state index in [1.165, 1.54) is 12.1 Å². The summed E-state index contributed by atoms with van der Waals surface area (Å²) < 4.78 is 13.3. The van der Waals surface area contributed by atoms with Crippen LogP contribution in [0.5, 0.6) is 0 Å². The number of H-pyrrole nitrogens is 2. The summed E-state index contributed by atoms with van der Waals surface area (Å²) in [6.07, 6.45) is 1.90. The second-order valence-electron chi connectivity index (χ2n) is 6.43. The minimum absolute atomic E-state index is 0.246. The third-order valence-corrected chi connectivity index (χ3v) is 4.05. The highest BCUT2D eigenvalue weighted by atomic mass is 19.1. The van der Waals surface area contributed by atoms with Gasteiger partial charge < -0.3 is 15.7 Å². The van der Waals surface area contributed by atoms with Crippen LogP contribution in [0.2, 0.25) is 0 Å². The Kier molecular flexibility index (Phi) is 2.83. The number of aromatic amines is 2. The van der Waals surface area contributed by atoms with Crippen molar-refractivity contribution in [2.24, 2.45) is 5.73 Å². The zero-order valence-electron chi connectivity index (χ0n) is 12.9. The first kappa shape index (κ1) is 14.0. The van der Waals surface area contributed by atoms with E-state index < -0.39 is 5.54 Å². The van der Waals surface area contributed by atoms with Crippen molar-refractivity contribution >= 4 is 21.9 Å². The molecule has 2 aromatic carbocycles. The average Bonchev–Trinajstić information content (AvgIpc) is 3.08. The molecule has 0 amide bonds. The van der Waals surface area contributed by atoms with E-state index in [1.807, 2.05) is 38.2 Å². The molecule has 4 aromatic rings. The predicted octanol–water partition coefficient (Wildman–Crippen LogP) is 4.04. The Morgan fingerprint density at radius 1 is 1.09 bits per heavy atom. The maximum atomic E-state index is 13.3. The number of nitrogens with zero attached hydrogens (tertiary/aromatic N) is 1. The second-order valence-corrected chi connectivity index (χ2v) is 6.43. The zero-order chi connectivity index (χ0) is 16.2. The summed E-state index contributed by atoms with van der Waals surface area (Å²) in [4.78, 5) is 11.0. The third-order valence-electron chi connectivity index (χ3n) is 4.05. The summed E-state index contributed by atoms with van der Waals surface area (Å²) in [5.74, 6) is 0.510. The molecular weight excluding hydrogens is 291 g/mol. The smallest absolute Gasteiger partial charge is 0.126 e. The average molecular weight is 308 g/mol. The number of nitrogens with two attached hydrogens (primary N) is 1. The molecule has 0 fully saturated rings. The van der Waals surface area contributed by atoms with Crippen LogP contribution >= 0.6 is 0 Å². The largest absolute Gasteiger partial charge is 0.360 e. The summed E-state index contributed by atoms with van der Waals surface area (Å²) in [6, 6.07) is 10.8. The molecule has 0 spiro atoms. The minimum Gasteiger partial charge on any atom is -0.360 e. The molecule has 0 aliphatic carbocycles. The topological polar surface area (TPSA) is 70.5 Å². The first-order valence-corrected chi connectivity index (χ1v) is 7.48. The van der Waals surface area contributed by atoms with Crippen LogP contribution < -0.4 is 5.73 Å². The number of imidazole rings is 1. The van der Waals surface area contributed by atoms with Gasteiger partial charge in [0.05, 0.1) is 16.6 Å². The van der Waals surface area contributed by atoms with Crippen molar-refractivity contribution in [3.8, 4) is 11.1 Å². The highest BCUT2D eigenvalue weighted by Crippen LogP contribution is 2.31. The fourth-order valence-electron chi connectivity index (χ4n) is 2.82. The van der Waals surface area contributed by atoms with Gasteiger partial charge in [0.15, 0.2) is 0 Å². The van der Waals surface area contributed by atoms with Crippen LogP contribution in [0.4, 0.5) is 4.39 Å². The molecule has 0 unspecified atom stereocenters. The van der Waals surface area contributed by atoms with Crippen LogP contribution in [0.15, 0.2) is 42.6 Å². The van der Waals surface area contributed by atoms with Gasteiger partial charge in [-0.3, -0.25) is 0 Å². The number of hydrogen-bond acceptors (Lipinski definition) is 2. The van der Waals surface area contributed by atoms with Crippen molar-refractivity contribution in [2.75, 3.05) is 0 Å². The summed E-state index contributed by atoms with van der Waals surface area (Å²) in [6.45, 7) is 3.83. The molecular formula is C18H17FN4. The minimum atomic E-state index is -0.516. The Bertz CT molecular complexity index is 1020. The van der Waals surface area contributed by atoms with Crippen LogP contribution in [-0.2, 0) is 5.54 Å². The summed E-state index contributed by atoms with van der Waals surface area (Å²) in [5, 5.41) is 0.990. The van der Waals surface area contributed by atoms with E-state index >= 15 is 0 Å². The van der Waals surface area contributed by atoms with Gasteiger partial charge in [-0.1, -0.05) is 6.07 Å². The van der Waals surface area contributed by atoms with Gasteiger partial charge in [0.2, 0.25) is 0 Å². The maximum absolute atomic E-state index is 13.3. The monoisotopic (exact) mass is 308 g/mol. The van der Waals surface area contributed by atoms with Crippen LogP contribution in [-0.4, -0.2) is 15.0 Å². The van der Waals surface area contributed by atoms with Gasteiger partial charge in [0.25, 0.3) is 0 Å². The lowest BCUT2D eigenvalue weighted by Crippen LogP contribution is -2.30. The fraction of sp³-hybridized carbons (Fsp3) is 0.167. The lowest BCUT2D eigenvalue weighted by molar-refractivity contribution is 0.522. The highest BCUT2D eigenvalue weighted by molar-refractivity contribution is 5.97. The molecule has 23 heavy (non-hydrogen) atoms. The Labute approximate surface area is 132 Å². The van der Waals surface area contributed by atoms with E-state index in [1.54, 1.807) is 6.07 Å². The van der Waals surface area contributed by atoms with Crippen LogP contribution in [0.25, 0.3) is 33.1 Å². The number of hydrogen-bond donors (Lipinski definition) is 3. The number of aromatic nitrogens is 3.